The van der Waals surface area contributed by atoms with Crippen molar-refractivity contribution in [3.05, 3.63) is 29.8 Å². The third kappa shape index (κ3) is 3.26. The molecule has 1 aliphatic rings. The van der Waals surface area contributed by atoms with Crippen LogP contribution in [0, 0.1) is 5.41 Å². The molecule has 1 aliphatic carbocycles. The Balaban J connectivity index is 2.08. The molecule has 0 bridgehead atoms. The highest BCUT2D eigenvalue weighted by Crippen LogP contribution is 2.47. The van der Waals surface area contributed by atoms with E-state index in [1.807, 2.05) is 13.8 Å². The van der Waals surface area contributed by atoms with Crippen LogP contribution in [0.25, 0.3) is 0 Å². The first-order valence-electron chi connectivity index (χ1n) is 6.68. The molecule has 0 amide bonds. The Hall–Kier alpha value is -1.23. The van der Waals surface area contributed by atoms with Gasteiger partial charge in [0.1, 0.15) is 5.75 Å². The lowest BCUT2D eigenvalue weighted by Gasteiger charge is -2.37. The quantitative estimate of drug-likeness (QED) is 0.908. The highest BCUT2D eigenvalue weighted by molar-refractivity contribution is 5.29. The lowest BCUT2D eigenvalue weighted by Crippen LogP contribution is -2.41. The summed E-state index contributed by atoms with van der Waals surface area (Å²) in [5.74, 6) is -0.237. The Morgan fingerprint density at radius 3 is 2.20 bits per heavy atom. The topological polar surface area (TPSA) is 29.5 Å². The summed E-state index contributed by atoms with van der Waals surface area (Å²) in [6.45, 7) is 4.06. The van der Waals surface area contributed by atoms with Crippen molar-refractivity contribution in [3.63, 3.8) is 0 Å². The van der Waals surface area contributed by atoms with E-state index in [0.29, 0.717) is 6.42 Å². The van der Waals surface area contributed by atoms with Crippen molar-refractivity contribution in [2.24, 2.45) is 5.41 Å². The molecule has 1 atom stereocenters. The molecule has 0 spiro atoms. The number of hydrogen-bond donors (Lipinski definition) is 1. The van der Waals surface area contributed by atoms with Crippen molar-refractivity contribution >= 4 is 0 Å². The zero-order chi connectivity index (χ0) is 15.0. The molecule has 0 aliphatic heterocycles. The number of ether oxygens (including phenoxy) is 1. The molecule has 1 fully saturated rings. The highest BCUT2D eigenvalue weighted by atomic mass is 19.4. The van der Waals surface area contributed by atoms with Crippen LogP contribution in [0.5, 0.6) is 5.75 Å². The van der Waals surface area contributed by atoms with Crippen molar-refractivity contribution in [1.29, 1.82) is 0 Å². The van der Waals surface area contributed by atoms with Crippen LogP contribution in [0.15, 0.2) is 24.3 Å². The standard InChI is InChI=1S/C15H19F3O2/c1-13(2)8-3-9-14(13,19)10-11-4-6-12(7-5-11)20-15(16,17)18/h4-7,19H,3,8-10H2,1-2H3. The van der Waals surface area contributed by atoms with Crippen LogP contribution in [-0.4, -0.2) is 17.1 Å². The smallest absolute Gasteiger partial charge is 0.406 e. The predicted molar refractivity (Wildman–Crippen MR) is 69.4 cm³/mol. The van der Waals surface area contributed by atoms with Gasteiger partial charge in [0, 0.05) is 6.42 Å². The molecule has 0 aromatic heterocycles. The largest absolute Gasteiger partial charge is 0.573 e. The van der Waals surface area contributed by atoms with E-state index in [0.717, 1.165) is 24.8 Å². The summed E-state index contributed by atoms with van der Waals surface area (Å²) in [5.41, 5.74) is -0.148. The van der Waals surface area contributed by atoms with Crippen LogP contribution in [0.4, 0.5) is 13.2 Å². The fourth-order valence-electron chi connectivity index (χ4n) is 2.87. The maximum Gasteiger partial charge on any atom is 0.573 e. The van der Waals surface area contributed by atoms with Gasteiger partial charge in [-0.15, -0.1) is 13.2 Å². The third-order valence-electron chi connectivity index (χ3n) is 4.31. The van der Waals surface area contributed by atoms with E-state index in [1.54, 1.807) is 12.1 Å². The molecule has 1 aromatic carbocycles. The van der Waals surface area contributed by atoms with Gasteiger partial charge < -0.3 is 9.84 Å². The average Bonchev–Trinajstić information content (AvgIpc) is 2.54. The number of alkyl halides is 3. The first-order chi connectivity index (χ1) is 9.11. The maximum absolute atomic E-state index is 12.1. The number of hydrogen-bond acceptors (Lipinski definition) is 2. The summed E-state index contributed by atoms with van der Waals surface area (Å²) < 4.78 is 40.0. The van der Waals surface area contributed by atoms with Crippen LogP contribution >= 0.6 is 0 Å². The number of benzene rings is 1. The summed E-state index contributed by atoms with van der Waals surface area (Å²) in [4.78, 5) is 0. The molecular formula is C15H19F3O2. The summed E-state index contributed by atoms with van der Waals surface area (Å²) in [5, 5.41) is 10.7. The fourth-order valence-corrected chi connectivity index (χ4v) is 2.87. The molecule has 0 saturated heterocycles. The molecule has 1 unspecified atom stereocenters. The van der Waals surface area contributed by atoms with Crippen molar-refractivity contribution in [1.82, 2.24) is 0 Å². The van der Waals surface area contributed by atoms with Gasteiger partial charge in [0.2, 0.25) is 0 Å². The Kier molecular flexibility index (Phi) is 3.75. The van der Waals surface area contributed by atoms with Crippen LogP contribution in [-0.2, 0) is 6.42 Å². The van der Waals surface area contributed by atoms with E-state index in [-0.39, 0.29) is 11.2 Å². The minimum atomic E-state index is -4.67. The van der Waals surface area contributed by atoms with Crippen LogP contribution < -0.4 is 4.74 Å². The molecule has 1 aromatic rings. The van der Waals surface area contributed by atoms with Crippen molar-refractivity contribution in [2.45, 2.75) is 51.5 Å². The van der Waals surface area contributed by atoms with Crippen molar-refractivity contribution in [2.75, 3.05) is 0 Å². The first kappa shape index (κ1) is 15.2. The van der Waals surface area contributed by atoms with Crippen molar-refractivity contribution in [3.8, 4) is 5.75 Å². The van der Waals surface area contributed by atoms with Gasteiger partial charge in [0.05, 0.1) is 5.60 Å². The number of halogens is 3. The average molecular weight is 288 g/mol. The zero-order valence-electron chi connectivity index (χ0n) is 11.6. The van der Waals surface area contributed by atoms with Gasteiger partial charge >= 0.3 is 6.36 Å². The Bertz CT molecular complexity index is 465. The van der Waals surface area contributed by atoms with Crippen LogP contribution in [0.1, 0.15) is 38.7 Å². The minimum absolute atomic E-state index is 0.172. The molecular weight excluding hydrogens is 269 g/mol. The lowest BCUT2D eigenvalue weighted by molar-refractivity contribution is -0.274. The predicted octanol–water partition coefficient (Wildman–Crippen LogP) is 4.07. The van der Waals surface area contributed by atoms with Gasteiger partial charge in [-0.3, -0.25) is 0 Å². The number of aliphatic hydroxyl groups is 1. The van der Waals surface area contributed by atoms with Crippen molar-refractivity contribution < 1.29 is 23.0 Å². The molecule has 112 valence electrons. The SMILES string of the molecule is CC1(C)CCCC1(O)Cc1ccc(OC(F)(F)F)cc1. The van der Waals surface area contributed by atoms with E-state index in [1.165, 1.54) is 12.1 Å². The molecule has 1 N–H and O–H groups in total. The molecule has 0 radical (unpaired) electrons. The molecule has 2 nitrogen and oxygen atoms in total. The van der Waals surface area contributed by atoms with Gasteiger partial charge in [0.25, 0.3) is 0 Å². The van der Waals surface area contributed by atoms with Crippen LogP contribution in [0.2, 0.25) is 0 Å². The van der Waals surface area contributed by atoms with Gasteiger partial charge in [-0.2, -0.15) is 0 Å². The Morgan fingerprint density at radius 1 is 1.15 bits per heavy atom. The Labute approximate surface area is 116 Å². The van der Waals surface area contributed by atoms with Gasteiger partial charge in [-0.05, 0) is 42.4 Å². The van der Waals surface area contributed by atoms with E-state index in [4.69, 9.17) is 0 Å². The highest BCUT2D eigenvalue weighted by Gasteiger charge is 2.47. The summed E-state index contributed by atoms with van der Waals surface area (Å²) >= 11 is 0. The summed E-state index contributed by atoms with van der Waals surface area (Å²) in [7, 11) is 0. The molecule has 2 rings (SSSR count). The minimum Gasteiger partial charge on any atom is -0.406 e. The molecule has 0 heterocycles. The van der Waals surface area contributed by atoms with Gasteiger partial charge in [-0.25, -0.2) is 0 Å². The second kappa shape index (κ2) is 4.95. The second-order valence-corrected chi connectivity index (χ2v) is 6.14. The zero-order valence-corrected chi connectivity index (χ0v) is 11.6. The van der Waals surface area contributed by atoms with Gasteiger partial charge in [-0.1, -0.05) is 26.0 Å². The van der Waals surface area contributed by atoms with Gasteiger partial charge in [0.15, 0.2) is 0 Å². The molecule has 1 saturated carbocycles. The summed E-state index contributed by atoms with van der Waals surface area (Å²) in [6, 6.07) is 5.73. The van der Waals surface area contributed by atoms with Crippen LogP contribution in [0.3, 0.4) is 0 Å². The normalized spacial score (nSPS) is 25.7. The van der Waals surface area contributed by atoms with E-state index >= 15 is 0 Å². The molecule has 5 heteroatoms. The lowest BCUT2D eigenvalue weighted by atomic mass is 9.74. The van der Waals surface area contributed by atoms with E-state index in [9.17, 15) is 18.3 Å². The fraction of sp³-hybridized carbons (Fsp3) is 0.600. The number of rotatable bonds is 3. The second-order valence-electron chi connectivity index (χ2n) is 6.14. The monoisotopic (exact) mass is 288 g/mol. The third-order valence-corrected chi connectivity index (χ3v) is 4.31. The molecule has 20 heavy (non-hydrogen) atoms. The summed E-state index contributed by atoms with van der Waals surface area (Å²) in [6.07, 6.45) is -1.57. The van der Waals surface area contributed by atoms with E-state index < -0.39 is 12.0 Å². The Morgan fingerprint density at radius 2 is 1.75 bits per heavy atom. The maximum atomic E-state index is 12.1. The first-order valence-corrected chi connectivity index (χ1v) is 6.68. The van der Waals surface area contributed by atoms with E-state index in [2.05, 4.69) is 4.74 Å².